The van der Waals surface area contributed by atoms with E-state index in [0.29, 0.717) is 11.8 Å². The van der Waals surface area contributed by atoms with Crippen molar-refractivity contribution in [1.29, 1.82) is 0 Å². The van der Waals surface area contributed by atoms with E-state index in [2.05, 4.69) is 26.0 Å². The van der Waals surface area contributed by atoms with Crippen LogP contribution >= 0.6 is 0 Å². The molecular weight excluding hydrogens is 264 g/mol. The first-order valence-corrected chi connectivity index (χ1v) is 8.02. The Labute approximate surface area is 128 Å². The van der Waals surface area contributed by atoms with Gasteiger partial charge in [0.15, 0.2) is 0 Å². The highest BCUT2D eigenvalue weighted by Gasteiger charge is 2.32. The molecular formula is C18H28O3. The van der Waals surface area contributed by atoms with Gasteiger partial charge in [0, 0.05) is 7.11 Å². The number of benzene rings is 1. The summed E-state index contributed by atoms with van der Waals surface area (Å²) in [5.41, 5.74) is 1.24. The Kier molecular flexibility index (Phi) is 6.07. The van der Waals surface area contributed by atoms with Gasteiger partial charge in [0.1, 0.15) is 11.9 Å². The Bertz CT molecular complexity index is 413. The molecule has 3 unspecified atom stereocenters. The third-order valence-corrected chi connectivity index (χ3v) is 4.55. The molecule has 0 radical (unpaired) electrons. The molecule has 0 aliphatic heterocycles. The maximum absolute atomic E-state index is 10.2. The minimum atomic E-state index is -0.340. The highest BCUT2D eigenvalue weighted by molar-refractivity contribution is 5.27. The molecule has 1 saturated carbocycles. The molecule has 1 fully saturated rings. The van der Waals surface area contributed by atoms with E-state index in [1.54, 1.807) is 7.11 Å². The first kappa shape index (κ1) is 16.3. The van der Waals surface area contributed by atoms with Gasteiger partial charge in [-0.1, -0.05) is 26.0 Å². The molecule has 1 aromatic carbocycles. The topological polar surface area (TPSA) is 38.7 Å². The van der Waals surface area contributed by atoms with E-state index in [4.69, 9.17) is 9.47 Å². The molecule has 3 atom stereocenters. The minimum Gasteiger partial charge on any atom is -0.488 e. The van der Waals surface area contributed by atoms with Crippen molar-refractivity contribution < 1.29 is 14.6 Å². The summed E-state index contributed by atoms with van der Waals surface area (Å²) in [4.78, 5) is 0. The number of rotatable bonds is 6. The quantitative estimate of drug-likeness (QED) is 0.873. The van der Waals surface area contributed by atoms with Crippen LogP contribution in [-0.4, -0.2) is 31.0 Å². The van der Waals surface area contributed by atoms with Crippen LogP contribution in [0.25, 0.3) is 0 Å². The Morgan fingerprint density at radius 1 is 1.19 bits per heavy atom. The standard InChI is InChI=1S/C18H28O3/c1-13(2)15-6-9-17(19)18(12-15)21-16-7-4-14(5-8-16)10-11-20-3/h4-5,7-8,13,15,17-19H,6,9-12H2,1-3H3. The average molecular weight is 292 g/mol. The number of hydrogen-bond donors (Lipinski definition) is 1. The third kappa shape index (κ3) is 4.72. The zero-order valence-corrected chi connectivity index (χ0v) is 13.4. The Hall–Kier alpha value is -1.06. The van der Waals surface area contributed by atoms with Gasteiger partial charge in [-0.25, -0.2) is 0 Å². The molecule has 3 nitrogen and oxygen atoms in total. The fourth-order valence-corrected chi connectivity index (χ4v) is 3.01. The molecule has 2 rings (SSSR count). The van der Waals surface area contributed by atoms with Crippen molar-refractivity contribution in [3.8, 4) is 5.75 Å². The third-order valence-electron chi connectivity index (χ3n) is 4.55. The Balaban J connectivity index is 1.93. The lowest BCUT2D eigenvalue weighted by Gasteiger charge is -2.35. The molecule has 1 aliphatic rings. The smallest absolute Gasteiger partial charge is 0.125 e. The molecule has 118 valence electrons. The lowest BCUT2D eigenvalue weighted by atomic mass is 9.79. The van der Waals surface area contributed by atoms with E-state index in [-0.39, 0.29) is 12.2 Å². The molecule has 1 aromatic rings. The SMILES string of the molecule is COCCc1ccc(OC2CC(C(C)C)CCC2O)cc1. The van der Waals surface area contributed by atoms with E-state index >= 15 is 0 Å². The predicted octanol–water partition coefficient (Wildman–Crippen LogP) is 3.44. The summed E-state index contributed by atoms with van der Waals surface area (Å²) in [5, 5.41) is 10.2. The Morgan fingerprint density at radius 2 is 1.90 bits per heavy atom. The molecule has 1 aliphatic carbocycles. The van der Waals surface area contributed by atoms with E-state index in [9.17, 15) is 5.11 Å². The van der Waals surface area contributed by atoms with E-state index in [0.717, 1.165) is 38.0 Å². The lowest BCUT2D eigenvalue weighted by molar-refractivity contribution is -0.0176. The molecule has 0 aromatic heterocycles. The normalized spacial score (nSPS) is 26.0. The van der Waals surface area contributed by atoms with Crippen molar-refractivity contribution in [3.63, 3.8) is 0 Å². The van der Waals surface area contributed by atoms with E-state index in [1.807, 2.05) is 12.1 Å². The molecule has 0 spiro atoms. The summed E-state index contributed by atoms with van der Waals surface area (Å²) in [5.74, 6) is 2.16. The molecule has 0 amide bonds. The van der Waals surface area contributed by atoms with Crippen molar-refractivity contribution in [2.24, 2.45) is 11.8 Å². The number of ether oxygens (including phenoxy) is 2. The van der Waals surface area contributed by atoms with Gasteiger partial charge in [0.05, 0.1) is 12.7 Å². The molecule has 21 heavy (non-hydrogen) atoms. The number of aliphatic hydroxyl groups excluding tert-OH is 1. The summed E-state index contributed by atoms with van der Waals surface area (Å²) < 4.78 is 11.1. The van der Waals surface area contributed by atoms with Crippen LogP contribution < -0.4 is 4.74 Å². The lowest BCUT2D eigenvalue weighted by Crippen LogP contribution is -2.39. The van der Waals surface area contributed by atoms with Gasteiger partial charge in [0.2, 0.25) is 0 Å². The maximum atomic E-state index is 10.2. The fourth-order valence-electron chi connectivity index (χ4n) is 3.01. The van der Waals surface area contributed by atoms with Crippen LogP contribution in [0.2, 0.25) is 0 Å². The van der Waals surface area contributed by atoms with Crippen molar-refractivity contribution in [2.45, 2.75) is 51.7 Å². The second kappa shape index (κ2) is 7.81. The van der Waals surface area contributed by atoms with Crippen LogP contribution in [0.5, 0.6) is 5.75 Å². The number of aliphatic hydroxyl groups is 1. The maximum Gasteiger partial charge on any atom is 0.125 e. The van der Waals surface area contributed by atoms with Gasteiger partial charge in [-0.05, 0) is 55.2 Å². The zero-order chi connectivity index (χ0) is 15.2. The van der Waals surface area contributed by atoms with Crippen LogP contribution in [-0.2, 0) is 11.2 Å². The second-order valence-electron chi connectivity index (χ2n) is 6.43. The second-order valence-corrected chi connectivity index (χ2v) is 6.43. The van der Waals surface area contributed by atoms with Gasteiger partial charge in [-0.2, -0.15) is 0 Å². The van der Waals surface area contributed by atoms with Crippen LogP contribution in [0, 0.1) is 11.8 Å². The van der Waals surface area contributed by atoms with Crippen LogP contribution in [0.15, 0.2) is 24.3 Å². The molecule has 0 bridgehead atoms. The van der Waals surface area contributed by atoms with E-state index < -0.39 is 0 Å². The minimum absolute atomic E-state index is 0.0732. The monoisotopic (exact) mass is 292 g/mol. The van der Waals surface area contributed by atoms with Gasteiger partial charge in [-0.15, -0.1) is 0 Å². The first-order valence-electron chi connectivity index (χ1n) is 8.02. The fraction of sp³-hybridized carbons (Fsp3) is 0.667. The number of methoxy groups -OCH3 is 1. The summed E-state index contributed by atoms with van der Waals surface area (Å²) in [6.07, 6.45) is 3.40. The van der Waals surface area contributed by atoms with Gasteiger partial charge >= 0.3 is 0 Å². The molecule has 3 heteroatoms. The molecule has 0 saturated heterocycles. The van der Waals surface area contributed by atoms with Crippen LogP contribution in [0.3, 0.4) is 0 Å². The van der Waals surface area contributed by atoms with Crippen molar-refractivity contribution in [1.82, 2.24) is 0 Å². The van der Waals surface area contributed by atoms with Crippen molar-refractivity contribution in [3.05, 3.63) is 29.8 Å². The van der Waals surface area contributed by atoms with Crippen LogP contribution in [0.4, 0.5) is 0 Å². The Morgan fingerprint density at radius 3 is 2.52 bits per heavy atom. The highest BCUT2D eigenvalue weighted by Crippen LogP contribution is 2.32. The predicted molar refractivity (Wildman–Crippen MR) is 84.6 cm³/mol. The summed E-state index contributed by atoms with van der Waals surface area (Å²) in [6, 6.07) is 8.14. The number of hydrogen-bond acceptors (Lipinski definition) is 3. The van der Waals surface area contributed by atoms with Crippen molar-refractivity contribution >= 4 is 0 Å². The van der Waals surface area contributed by atoms with Gasteiger partial charge < -0.3 is 14.6 Å². The molecule has 0 heterocycles. The summed E-state index contributed by atoms with van der Waals surface area (Å²) in [6.45, 7) is 5.24. The van der Waals surface area contributed by atoms with Crippen molar-refractivity contribution in [2.75, 3.05) is 13.7 Å². The summed E-state index contributed by atoms with van der Waals surface area (Å²) in [7, 11) is 1.72. The van der Waals surface area contributed by atoms with E-state index in [1.165, 1.54) is 5.56 Å². The largest absolute Gasteiger partial charge is 0.488 e. The first-order chi connectivity index (χ1) is 10.1. The van der Waals surface area contributed by atoms with Gasteiger partial charge in [-0.3, -0.25) is 0 Å². The highest BCUT2D eigenvalue weighted by atomic mass is 16.5. The zero-order valence-electron chi connectivity index (χ0n) is 13.4. The molecule has 1 N–H and O–H groups in total. The summed E-state index contributed by atoms with van der Waals surface area (Å²) >= 11 is 0. The van der Waals surface area contributed by atoms with Crippen LogP contribution in [0.1, 0.15) is 38.7 Å². The average Bonchev–Trinajstić information content (AvgIpc) is 2.48. The van der Waals surface area contributed by atoms with Gasteiger partial charge in [0.25, 0.3) is 0 Å².